The summed E-state index contributed by atoms with van der Waals surface area (Å²) >= 11 is 0. The predicted octanol–water partition coefficient (Wildman–Crippen LogP) is 2.43. The highest BCUT2D eigenvalue weighted by Crippen LogP contribution is 2.18. The molecule has 26 heavy (non-hydrogen) atoms. The number of pyridine rings is 1. The molecule has 4 rings (SSSR count). The lowest BCUT2D eigenvalue weighted by atomic mass is 10.2. The van der Waals surface area contributed by atoms with Gasteiger partial charge < -0.3 is 9.26 Å². The largest absolute Gasteiger partial charge is 0.459 e. The molecule has 0 aliphatic heterocycles. The Morgan fingerprint density at radius 1 is 1.23 bits per heavy atom. The first-order valence-electron chi connectivity index (χ1n) is 8.08. The molecule has 0 amide bonds. The highest BCUT2D eigenvalue weighted by atomic mass is 16.5. The number of carbonyl (C=O) groups excluding carboxylic acids is 1. The van der Waals surface area contributed by atoms with E-state index < -0.39 is 5.97 Å². The summed E-state index contributed by atoms with van der Waals surface area (Å²) in [4.78, 5) is 28.6. The Labute approximate surface area is 147 Å². The van der Waals surface area contributed by atoms with Crippen molar-refractivity contribution >= 4 is 22.6 Å². The zero-order valence-corrected chi connectivity index (χ0v) is 14.0. The number of fused-ring (bicyclic) bond motifs is 2. The van der Waals surface area contributed by atoms with Gasteiger partial charge in [-0.25, -0.2) is 4.98 Å². The molecular formula is C19H15N3O4. The number of hydrogen-bond donors (Lipinski definition) is 0. The number of esters is 1. The SMILES string of the molecule is Cc1ccn2c(=O)cc(COC(=O)Cc3noc4ccccc34)nc2c1. The lowest BCUT2D eigenvalue weighted by Crippen LogP contribution is -2.17. The maximum atomic E-state index is 12.1. The maximum Gasteiger partial charge on any atom is 0.312 e. The number of aromatic nitrogens is 3. The van der Waals surface area contributed by atoms with E-state index in [1.165, 1.54) is 10.5 Å². The summed E-state index contributed by atoms with van der Waals surface area (Å²) in [7, 11) is 0. The minimum atomic E-state index is -0.463. The van der Waals surface area contributed by atoms with Crippen molar-refractivity contribution in [2.75, 3.05) is 0 Å². The van der Waals surface area contributed by atoms with Gasteiger partial charge in [-0.05, 0) is 36.8 Å². The molecular weight excluding hydrogens is 334 g/mol. The van der Waals surface area contributed by atoms with Crippen LogP contribution in [0.3, 0.4) is 0 Å². The lowest BCUT2D eigenvalue weighted by Gasteiger charge is -2.06. The van der Waals surface area contributed by atoms with Crippen LogP contribution in [0.15, 0.2) is 58.0 Å². The Balaban J connectivity index is 1.49. The van der Waals surface area contributed by atoms with Gasteiger partial charge in [-0.3, -0.25) is 14.0 Å². The van der Waals surface area contributed by atoms with E-state index in [0.717, 1.165) is 10.9 Å². The molecule has 0 saturated heterocycles. The fourth-order valence-electron chi connectivity index (χ4n) is 2.74. The molecule has 7 heteroatoms. The van der Waals surface area contributed by atoms with E-state index in [4.69, 9.17) is 9.26 Å². The maximum absolute atomic E-state index is 12.1. The fourth-order valence-corrected chi connectivity index (χ4v) is 2.74. The highest BCUT2D eigenvalue weighted by Gasteiger charge is 2.13. The van der Waals surface area contributed by atoms with Gasteiger partial charge in [0.2, 0.25) is 0 Å². The molecule has 130 valence electrons. The Bertz CT molecular complexity index is 1180. The van der Waals surface area contributed by atoms with Crippen molar-refractivity contribution in [3.63, 3.8) is 0 Å². The van der Waals surface area contributed by atoms with Crippen LogP contribution in [0.25, 0.3) is 16.6 Å². The average molecular weight is 349 g/mol. The molecule has 0 N–H and O–H groups in total. The van der Waals surface area contributed by atoms with Crippen LogP contribution in [-0.4, -0.2) is 20.5 Å². The molecule has 0 fully saturated rings. The topological polar surface area (TPSA) is 86.7 Å². The van der Waals surface area contributed by atoms with Gasteiger partial charge in [0, 0.05) is 17.6 Å². The third-order valence-electron chi connectivity index (χ3n) is 4.02. The van der Waals surface area contributed by atoms with Gasteiger partial charge in [0.05, 0.1) is 12.1 Å². The van der Waals surface area contributed by atoms with E-state index in [-0.39, 0.29) is 18.6 Å². The van der Waals surface area contributed by atoms with E-state index in [1.54, 1.807) is 18.3 Å². The second-order valence-electron chi connectivity index (χ2n) is 5.98. The first-order chi connectivity index (χ1) is 12.6. The van der Waals surface area contributed by atoms with Crippen LogP contribution in [0.1, 0.15) is 17.0 Å². The summed E-state index contributed by atoms with van der Waals surface area (Å²) < 4.78 is 11.9. The van der Waals surface area contributed by atoms with Crippen molar-refractivity contribution < 1.29 is 14.1 Å². The van der Waals surface area contributed by atoms with Crippen LogP contribution >= 0.6 is 0 Å². The number of hydrogen-bond acceptors (Lipinski definition) is 6. The smallest absolute Gasteiger partial charge is 0.312 e. The second-order valence-corrected chi connectivity index (χ2v) is 5.98. The Hall–Kier alpha value is -3.48. The van der Waals surface area contributed by atoms with Gasteiger partial charge in [-0.2, -0.15) is 0 Å². The molecule has 0 aliphatic rings. The normalized spacial score (nSPS) is 11.1. The molecule has 3 heterocycles. The zero-order valence-electron chi connectivity index (χ0n) is 14.0. The molecule has 0 aliphatic carbocycles. The van der Waals surface area contributed by atoms with Gasteiger partial charge in [0.1, 0.15) is 17.9 Å². The van der Waals surface area contributed by atoms with E-state index in [2.05, 4.69) is 10.1 Å². The third-order valence-corrected chi connectivity index (χ3v) is 4.02. The summed E-state index contributed by atoms with van der Waals surface area (Å²) in [5.74, 6) is -0.463. The summed E-state index contributed by atoms with van der Waals surface area (Å²) in [5.41, 5.74) is 2.83. The van der Waals surface area contributed by atoms with Gasteiger partial charge in [-0.15, -0.1) is 0 Å². The fraction of sp³-hybridized carbons (Fsp3) is 0.158. The van der Waals surface area contributed by atoms with Crippen LogP contribution in [0, 0.1) is 6.92 Å². The van der Waals surface area contributed by atoms with Crippen LogP contribution in [0.4, 0.5) is 0 Å². The molecule has 0 atom stereocenters. The van der Waals surface area contributed by atoms with Gasteiger partial charge in [-0.1, -0.05) is 17.3 Å². The van der Waals surface area contributed by atoms with E-state index >= 15 is 0 Å². The Morgan fingerprint density at radius 2 is 2.08 bits per heavy atom. The molecule has 0 bridgehead atoms. The first kappa shape index (κ1) is 16.0. The summed E-state index contributed by atoms with van der Waals surface area (Å²) in [6.07, 6.45) is 1.66. The molecule has 0 unspecified atom stereocenters. The number of ether oxygens (including phenoxy) is 1. The molecule has 7 nitrogen and oxygen atoms in total. The molecule has 0 spiro atoms. The van der Waals surface area contributed by atoms with E-state index in [9.17, 15) is 9.59 Å². The van der Waals surface area contributed by atoms with Gasteiger partial charge in [0.15, 0.2) is 5.58 Å². The van der Waals surface area contributed by atoms with E-state index in [1.807, 2.05) is 31.2 Å². The van der Waals surface area contributed by atoms with Crippen molar-refractivity contribution in [1.82, 2.24) is 14.5 Å². The zero-order chi connectivity index (χ0) is 18.1. The predicted molar refractivity (Wildman–Crippen MR) is 93.7 cm³/mol. The molecule has 0 saturated carbocycles. The van der Waals surface area contributed by atoms with Crippen LogP contribution in [0.5, 0.6) is 0 Å². The number of aryl methyl sites for hydroxylation is 1. The standard InChI is InChI=1S/C19H15N3O4/c1-12-6-7-22-17(8-12)20-13(9-18(22)23)11-25-19(24)10-15-14-4-2-3-5-16(14)26-21-15/h2-9H,10-11H2,1H3. The third kappa shape index (κ3) is 3.06. The monoisotopic (exact) mass is 349 g/mol. The first-order valence-corrected chi connectivity index (χ1v) is 8.08. The molecule has 0 radical (unpaired) electrons. The van der Waals surface area contributed by atoms with Crippen molar-refractivity contribution in [2.45, 2.75) is 20.0 Å². The summed E-state index contributed by atoms with van der Waals surface area (Å²) in [6, 6.07) is 12.3. The Kier molecular flexibility index (Phi) is 3.96. The van der Waals surface area contributed by atoms with Crippen molar-refractivity contribution in [2.24, 2.45) is 0 Å². The molecule has 1 aromatic carbocycles. The van der Waals surface area contributed by atoms with Gasteiger partial charge in [0.25, 0.3) is 5.56 Å². The highest BCUT2D eigenvalue weighted by molar-refractivity contribution is 5.84. The number of nitrogens with zero attached hydrogens (tertiary/aromatic N) is 3. The van der Waals surface area contributed by atoms with Crippen LogP contribution in [0.2, 0.25) is 0 Å². The quantitative estimate of drug-likeness (QED) is 0.526. The van der Waals surface area contributed by atoms with Gasteiger partial charge >= 0.3 is 5.97 Å². The summed E-state index contributed by atoms with van der Waals surface area (Å²) in [6.45, 7) is 1.84. The molecule has 3 aromatic heterocycles. The minimum absolute atomic E-state index is 0.0112. The van der Waals surface area contributed by atoms with Crippen LogP contribution in [-0.2, 0) is 22.6 Å². The van der Waals surface area contributed by atoms with Crippen molar-refractivity contribution in [1.29, 1.82) is 0 Å². The van der Waals surface area contributed by atoms with Crippen molar-refractivity contribution in [3.8, 4) is 0 Å². The minimum Gasteiger partial charge on any atom is -0.459 e. The Morgan fingerprint density at radius 3 is 2.96 bits per heavy atom. The molecule has 4 aromatic rings. The van der Waals surface area contributed by atoms with E-state index in [0.29, 0.717) is 22.6 Å². The number of carbonyl (C=O) groups is 1. The number of para-hydroxylation sites is 1. The number of rotatable bonds is 4. The second kappa shape index (κ2) is 6.44. The average Bonchev–Trinajstić information content (AvgIpc) is 3.03. The lowest BCUT2D eigenvalue weighted by molar-refractivity contribution is -0.144. The van der Waals surface area contributed by atoms with Crippen LogP contribution < -0.4 is 5.56 Å². The summed E-state index contributed by atoms with van der Waals surface area (Å²) in [5, 5.41) is 4.69. The van der Waals surface area contributed by atoms with Crippen molar-refractivity contribution in [3.05, 3.63) is 76.0 Å². The number of benzene rings is 1.